The van der Waals surface area contributed by atoms with Gasteiger partial charge in [-0.1, -0.05) is 17.7 Å². The zero-order chi connectivity index (χ0) is 14.8. The van der Waals surface area contributed by atoms with Crippen molar-refractivity contribution >= 4 is 10.2 Å². The number of hydrogen-bond donors (Lipinski definition) is 1. The molecule has 0 spiro atoms. The lowest BCUT2D eigenvalue weighted by Gasteiger charge is -2.10. The highest BCUT2D eigenvalue weighted by Gasteiger charge is 2.15. The molecule has 8 heteroatoms. The summed E-state index contributed by atoms with van der Waals surface area (Å²) in [6.45, 7) is 1.92. The van der Waals surface area contributed by atoms with Crippen molar-refractivity contribution in [2.24, 2.45) is 0 Å². The van der Waals surface area contributed by atoms with Gasteiger partial charge in [-0.05, 0) is 19.1 Å². The van der Waals surface area contributed by atoms with E-state index in [-0.39, 0.29) is 12.4 Å². The number of nitrogens with zero attached hydrogens (tertiary/aromatic N) is 3. The summed E-state index contributed by atoms with van der Waals surface area (Å²) in [6, 6.07) is 7.63. The van der Waals surface area contributed by atoms with Crippen molar-refractivity contribution in [1.82, 2.24) is 19.2 Å². The largest absolute Gasteiger partial charge is 0.419 e. The summed E-state index contributed by atoms with van der Waals surface area (Å²) in [4.78, 5) is 0. The van der Waals surface area contributed by atoms with Gasteiger partial charge in [0.1, 0.15) is 0 Å². The third-order valence-corrected chi connectivity index (χ3v) is 4.09. The van der Waals surface area contributed by atoms with Crippen LogP contribution in [0.2, 0.25) is 0 Å². The molecule has 2 aromatic rings. The quantitative estimate of drug-likeness (QED) is 0.887. The van der Waals surface area contributed by atoms with E-state index in [0.29, 0.717) is 5.89 Å². The Morgan fingerprint density at radius 3 is 2.70 bits per heavy atom. The summed E-state index contributed by atoms with van der Waals surface area (Å²) in [6.07, 6.45) is 0. The smallest absolute Gasteiger partial charge is 0.279 e. The van der Waals surface area contributed by atoms with Crippen molar-refractivity contribution in [2.45, 2.75) is 13.5 Å². The molecule has 0 aliphatic carbocycles. The molecule has 0 saturated carbocycles. The van der Waals surface area contributed by atoms with Gasteiger partial charge in [0.15, 0.2) is 0 Å². The van der Waals surface area contributed by atoms with Crippen LogP contribution in [0, 0.1) is 6.92 Å². The molecule has 1 heterocycles. The maximum absolute atomic E-state index is 11.6. The number of aryl methyl sites for hydroxylation is 1. The monoisotopic (exact) mass is 296 g/mol. The molecule has 1 aromatic heterocycles. The van der Waals surface area contributed by atoms with Crippen molar-refractivity contribution in [3.05, 3.63) is 35.7 Å². The Morgan fingerprint density at radius 1 is 1.30 bits per heavy atom. The van der Waals surface area contributed by atoms with E-state index in [4.69, 9.17) is 4.42 Å². The van der Waals surface area contributed by atoms with E-state index in [0.717, 1.165) is 15.4 Å². The van der Waals surface area contributed by atoms with E-state index >= 15 is 0 Å². The van der Waals surface area contributed by atoms with Crippen LogP contribution in [0.1, 0.15) is 11.5 Å². The molecule has 0 aliphatic rings. The van der Waals surface area contributed by atoms with Crippen molar-refractivity contribution in [3.63, 3.8) is 0 Å². The van der Waals surface area contributed by atoms with Gasteiger partial charge in [-0.15, -0.1) is 10.2 Å². The predicted octanol–water partition coefficient (Wildman–Crippen LogP) is 0.941. The number of aromatic nitrogens is 2. The summed E-state index contributed by atoms with van der Waals surface area (Å²) in [7, 11) is -0.625. The summed E-state index contributed by atoms with van der Waals surface area (Å²) < 4.78 is 32.0. The van der Waals surface area contributed by atoms with Crippen LogP contribution in [0.3, 0.4) is 0 Å². The molecule has 0 amide bonds. The molecule has 7 nitrogen and oxygen atoms in total. The maximum atomic E-state index is 11.6. The molecule has 0 aliphatic heterocycles. The fourth-order valence-electron chi connectivity index (χ4n) is 1.50. The predicted molar refractivity (Wildman–Crippen MR) is 73.9 cm³/mol. The van der Waals surface area contributed by atoms with Gasteiger partial charge in [-0.2, -0.15) is 17.4 Å². The maximum Gasteiger partial charge on any atom is 0.279 e. The second kappa shape index (κ2) is 5.70. The number of nitrogens with one attached hydrogen (secondary N) is 1. The number of hydrogen-bond acceptors (Lipinski definition) is 5. The minimum atomic E-state index is -3.50. The Labute approximate surface area is 117 Å². The van der Waals surface area contributed by atoms with Crippen LogP contribution in [0.15, 0.2) is 28.7 Å². The lowest BCUT2D eigenvalue weighted by atomic mass is 10.1. The molecule has 0 atom stereocenters. The van der Waals surface area contributed by atoms with E-state index in [1.165, 1.54) is 14.1 Å². The topological polar surface area (TPSA) is 88.3 Å². The van der Waals surface area contributed by atoms with Crippen molar-refractivity contribution in [1.29, 1.82) is 0 Å². The summed E-state index contributed by atoms with van der Waals surface area (Å²) in [5, 5.41) is 7.73. The second-order valence-corrected chi connectivity index (χ2v) is 6.45. The van der Waals surface area contributed by atoms with E-state index in [1.54, 1.807) is 0 Å². The highest BCUT2D eigenvalue weighted by molar-refractivity contribution is 7.87. The van der Waals surface area contributed by atoms with Crippen LogP contribution in [0.25, 0.3) is 11.5 Å². The van der Waals surface area contributed by atoms with Crippen LogP contribution in [-0.4, -0.2) is 37.0 Å². The lowest BCUT2D eigenvalue weighted by Crippen LogP contribution is -2.35. The van der Waals surface area contributed by atoms with E-state index in [1.807, 2.05) is 31.2 Å². The van der Waals surface area contributed by atoms with Crippen molar-refractivity contribution in [2.75, 3.05) is 14.1 Å². The van der Waals surface area contributed by atoms with Gasteiger partial charge in [0.05, 0.1) is 6.54 Å². The van der Waals surface area contributed by atoms with E-state index < -0.39 is 10.2 Å². The summed E-state index contributed by atoms with van der Waals surface area (Å²) in [5.41, 5.74) is 1.88. The number of rotatable bonds is 5. The highest BCUT2D eigenvalue weighted by atomic mass is 32.2. The van der Waals surface area contributed by atoms with Crippen LogP contribution >= 0.6 is 0 Å². The molecule has 0 radical (unpaired) electrons. The molecule has 0 saturated heterocycles. The van der Waals surface area contributed by atoms with Crippen LogP contribution in [0.5, 0.6) is 0 Å². The van der Waals surface area contributed by atoms with E-state index in [2.05, 4.69) is 14.9 Å². The molecular formula is C12H16N4O3S. The molecular weight excluding hydrogens is 280 g/mol. The Bertz CT molecular complexity index is 694. The molecule has 20 heavy (non-hydrogen) atoms. The SMILES string of the molecule is Cc1cccc(-c2nnc(CNS(=O)(=O)N(C)C)o2)c1. The van der Waals surface area contributed by atoms with Gasteiger partial charge >= 0.3 is 0 Å². The third-order valence-electron chi connectivity index (χ3n) is 2.62. The average molecular weight is 296 g/mol. The van der Waals surface area contributed by atoms with Crippen LogP contribution < -0.4 is 4.72 Å². The first-order chi connectivity index (χ1) is 9.38. The Morgan fingerprint density at radius 2 is 2.05 bits per heavy atom. The van der Waals surface area contributed by atoms with Gasteiger partial charge < -0.3 is 4.42 Å². The fourth-order valence-corrected chi connectivity index (χ4v) is 2.07. The molecule has 0 unspecified atom stereocenters. The average Bonchev–Trinajstić information content (AvgIpc) is 2.85. The first kappa shape index (κ1) is 14.6. The molecule has 2 rings (SSSR count). The lowest BCUT2D eigenvalue weighted by molar-refractivity contribution is 0.474. The normalized spacial score (nSPS) is 12.0. The summed E-state index contributed by atoms with van der Waals surface area (Å²) >= 11 is 0. The minimum Gasteiger partial charge on any atom is -0.419 e. The zero-order valence-corrected chi connectivity index (χ0v) is 12.3. The van der Waals surface area contributed by atoms with Gasteiger partial charge in [-0.3, -0.25) is 0 Å². The van der Waals surface area contributed by atoms with Crippen molar-refractivity contribution < 1.29 is 12.8 Å². The third kappa shape index (κ3) is 3.41. The molecule has 1 aromatic carbocycles. The fraction of sp³-hybridized carbons (Fsp3) is 0.333. The standard InChI is InChI=1S/C12H16N4O3S/c1-9-5-4-6-10(7-9)12-15-14-11(19-12)8-13-20(17,18)16(2)3/h4-7,13H,8H2,1-3H3. The Hall–Kier alpha value is -1.77. The molecule has 0 bridgehead atoms. The Balaban J connectivity index is 2.10. The molecule has 1 N–H and O–H groups in total. The van der Waals surface area contributed by atoms with Gasteiger partial charge in [0.2, 0.25) is 11.8 Å². The summed E-state index contributed by atoms with van der Waals surface area (Å²) in [5.74, 6) is 0.583. The van der Waals surface area contributed by atoms with Crippen LogP contribution in [-0.2, 0) is 16.8 Å². The zero-order valence-electron chi connectivity index (χ0n) is 11.5. The number of benzene rings is 1. The first-order valence-corrected chi connectivity index (χ1v) is 7.39. The van der Waals surface area contributed by atoms with Gasteiger partial charge in [0.25, 0.3) is 10.2 Å². The van der Waals surface area contributed by atoms with E-state index in [9.17, 15) is 8.42 Å². The highest BCUT2D eigenvalue weighted by Crippen LogP contribution is 2.18. The van der Waals surface area contributed by atoms with Crippen LogP contribution in [0.4, 0.5) is 0 Å². The first-order valence-electron chi connectivity index (χ1n) is 5.95. The Kier molecular flexibility index (Phi) is 4.17. The van der Waals surface area contributed by atoms with Gasteiger partial charge in [-0.25, -0.2) is 0 Å². The van der Waals surface area contributed by atoms with Gasteiger partial charge in [0, 0.05) is 19.7 Å². The minimum absolute atomic E-state index is 0.0423. The second-order valence-electron chi connectivity index (χ2n) is 4.48. The molecule has 0 fully saturated rings. The van der Waals surface area contributed by atoms with Crippen molar-refractivity contribution in [3.8, 4) is 11.5 Å². The molecule has 108 valence electrons.